The number of para-hydroxylation sites is 1. The van der Waals surface area contributed by atoms with Crippen LogP contribution < -0.4 is 26.7 Å². The summed E-state index contributed by atoms with van der Waals surface area (Å²) >= 11 is 1.25. The van der Waals surface area contributed by atoms with Crippen LogP contribution in [-0.2, 0) is 19.1 Å². The molecule has 0 aliphatic carbocycles. The Hall–Kier alpha value is -6.10. The van der Waals surface area contributed by atoms with Gasteiger partial charge in [0.05, 0.1) is 23.7 Å². The maximum atomic E-state index is 13.6. The third-order valence-corrected chi connectivity index (χ3v) is 9.84. The summed E-state index contributed by atoms with van der Waals surface area (Å²) in [5.41, 5.74) is -1.34. The minimum absolute atomic E-state index is 0.143. The Bertz CT molecular complexity index is 2200. The van der Waals surface area contributed by atoms with Gasteiger partial charge in [-0.05, 0) is 43.7 Å². The van der Waals surface area contributed by atoms with E-state index in [1.165, 1.54) is 40.9 Å². The summed E-state index contributed by atoms with van der Waals surface area (Å²) in [5, 5.41) is 25.0. The quantitative estimate of drug-likeness (QED) is 0.117. The smallest absolute Gasteiger partial charge is 0.507 e. The second-order valence-electron chi connectivity index (χ2n) is 11.8. The molecule has 1 aromatic heterocycles. The van der Waals surface area contributed by atoms with Crippen LogP contribution in [0.5, 0.6) is 11.5 Å². The van der Waals surface area contributed by atoms with Crippen LogP contribution in [0.3, 0.4) is 0 Å². The SMILES string of the molecule is COC(=O)Oc1cccc2c(=O)n(-c3ccc(C(=O)N[C@@H](C(=O)N[C@@H]4C(=O)N5C4SC(C)(C)C5C(=O)O)c4ccccc4)c(O)c3)c(=O)oc12. The number of fused-ring (bicyclic) bond motifs is 2. The predicted molar refractivity (Wildman–Crippen MR) is 175 cm³/mol. The van der Waals surface area contributed by atoms with Gasteiger partial charge in [0.1, 0.15) is 29.2 Å². The minimum Gasteiger partial charge on any atom is -0.507 e. The number of methoxy groups -OCH3 is 1. The fraction of sp³-hybridized carbons (Fsp3) is 0.242. The molecule has 2 aliphatic heterocycles. The fourth-order valence-corrected chi connectivity index (χ4v) is 7.57. The monoisotopic (exact) mass is 704 g/mol. The van der Waals surface area contributed by atoms with E-state index in [4.69, 9.17) is 9.15 Å². The number of aromatic nitrogens is 1. The molecule has 0 radical (unpaired) electrons. The molecular weight excluding hydrogens is 676 g/mol. The molecule has 17 heteroatoms. The number of β-lactam (4-membered cyclic amide) rings is 1. The van der Waals surface area contributed by atoms with Crippen molar-refractivity contribution in [2.75, 3.05) is 7.11 Å². The van der Waals surface area contributed by atoms with Crippen LogP contribution in [-0.4, -0.2) is 78.8 Å². The van der Waals surface area contributed by atoms with Crippen LogP contribution in [0.25, 0.3) is 16.7 Å². The molecule has 3 heterocycles. The zero-order valence-corrected chi connectivity index (χ0v) is 27.3. The highest BCUT2D eigenvalue weighted by molar-refractivity contribution is 8.01. The van der Waals surface area contributed by atoms with Gasteiger partial charge in [0.2, 0.25) is 11.8 Å². The van der Waals surface area contributed by atoms with Crippen LogP contribution in [0.2, 0.25) is 0 Å². The molecule has 2 saturated heterocycles. The molecule has 50 heavy (non-hydrogen) atoms. The third kappa shape index (κ3) is 5.80. The number of nitrogens with one attached hydrogen (secondary N) is 2. The van der Waals surface area contributed by atoms with Gasteiger partial charge in [0, 0.05) is 10.8 Å². The van der Waals surface area contributed by atoms with Crippen molar-refractivity contribution >= 4 is 52.6 Å². The number of hydrogen-bond acceptors (Lipinski definition) is 12. The van der Waals surface area contributed by atoms with Crippen LogP contribution in [0.15, 0.2) is 80.7 Å². The van der Waals surface area contributed by atoms with Crippen molar-refractivity contribution in [2.24, 2.45) is 0 Å². The van der Waals surface area contributed by atoms with E-state index in [0.717, 1.165) is 19.2 Å². The first-order valence-corrected chi connectivity index (χ1v) is 15.8. The number of thioether (sulfide) groups is 1. The van der Waals surface area contributed by atoms with Gasteiger partial charge in [-0.15, -0.1) is 11.8 Å². The van der Waals surface area contributed by atoms with Crippen molar-refractivity contribution in [1.82, 2.24) is 20.1 Å². The number of nitrogens with zero attached hydrogens (tertiary/aromatic N) is 2. The summed E-state index contributed by atoms with van der Waals surface area (Å²) in [6, 6.07) is 11.9. The Kier molecular flexibility index (Phi) is 8.61. The number of hydrogen-bond donors (Lipinski definition) is 4. The number of carboxylic acid groups (broad SMARTS) is 1. The van der Waals surface area contributed by atoms with E-state index in [9.17, 15) is 43.8 Å². The second kappa shape index (κ2) is 12.7. The molecular formula is C33H28N4O12S. The summed E-state index contributed by atoms with van der Waals surface area (Å²) in [6.07, 6.45) is -1.11. The van der Waals surface area contributed by atoms with E-state index < -0.39 is 75.2 Å². The molecule has 0 bridgehead atoms. The molecule has 3 amide bonds. The van der Waals surface area contributed by atoms with Crippen LogP contribution in [0.1, 0.15) is 35.8 Å². The lowest BCUT2D eigenvalue weighted by molar-refractivity contribution is -0.161. The van der Waals surface area contributed by atoms with Crippen molar-refractivity contribution < 1.29 is 48.1 Å². The van der Waals surface area contributed by atoms with Crippen molar-refractivity contribution in [3.8, 4) is 17.2 Å². The highest BCUT2D eigenvalue weighted by Gasteiger charge is 2.64. The van der Waals surface area contributed by atoms with E-state index in [1.807, 2.05) is 0 Å². The molecule has 2 fully saturated rings. The normalized spacial score (nSPS) is 19.5. The molecule has 16 nitrogen and oxygen atoms in total. The van der Waals surface area contributed by atoms with E-state index >= 15 is 0 Å². The first-order chi connectivity index (χ1) is 23.7. The molecule has 4 atom stereocenters. The standard InChI is InChI=1S/C33H28N4O12S/c1-33(2)24(30(43)44)37-28(42)22(29(37)50-33)35-26(40)21(15-8-5-4-6-9-15)34-25(39)17-13-12-16(14-19(17)38)36-27(41)18-10-7-11-20(48-32(46)47-3)23(18)49-31(36)45/h4-14,21-22,24,29,38H,1-3H3,(H,34,39)(H,35,40)(H,43,44)/t21-,22-,24?,29?/m1/s1. The number of carbonyl (C=O) groups is 5. The van der Waals surface area contributed by atoms with Crippen LogP contribution in [0, 0.1) is 0 Å². The molecule has 2 aliphatic rings. The summed E-state index contributed by atoms with van der Waals surface area (Å²) < 4.78 is 14.4. The molecule has 4 N–H and O–H groups in total. The average Bonchev–Trinajstić information content (AvgIpc) is 3.34. The molecule has 3 aromatic carbocycles. The average molecular weight is 705 g/mol. The Morgan fingerprint density at radius 3 is 2.38 bits per heavy atom. The van der Waals surface area contributed by atoms with E-state index in [0.29, 0.717) is 10.1 Å². The van der Waals surface area contributed by atoms with E-state index in [-0.39, 0.29) is 28.0 Å². The Morgan fingerprint density at radius 2 is 1.72 bits per heavy atom. The number of carboxylic acids is 1. The summed E-state index contributed by atoms with van der Waals surface area (Å²) in [6.45, 7) is 3.40. The fourth-order valence-electron chi connectivity index (χ4n) is 5.95. The number of carbonyl (C=O) groups excluding carboxylic acids is 4. The Balaban J connectivity index is 1.25. The minimum atomic E-state index is -1.35. The second-order valence-corrected chi connectivity index (χ2v) is 13.6. The predicted octanol–water partition coefficient (Wildman–Crippen LogP) is 1.90. The number of phenols is 1. The summed E-state index contributed by atoms with van der Waals surface area (Å²) in [7, 11) is 1.07. The molecule has 6 rings (SSSR count). The van der Waals surface area contributed by atoms with Gasteiger partial charge < -0.3 is 39.6 Å². The zero-order chi connectivity index (χ0) is 36.1. The van der Waals surface area contributed by atoms with Crippen molar-refractivity contribution in [2.45, 2.75) is 42.1 Å². The topological polar surface area (TPSA) is 224 Å². The Morgan fingerprint density at radius 1 is 1.00 bits per heavy atom. The van der Waals surface area contributed by atoms with E-state index in [2.05, 4.69) is 15.4 Å². The molecule has 2 unspecified atom stereocenters. The first kappa shape index (κ1) is 33.8. The maximum absolute atomic E-state index is 13.6. The van der Waals surface area contributed by atoms with Crippen molar-refractivity contribution in [1.29, 1.82) is 0 Å². The number of aliphatic carboxylic acids is 1. The lowest BCUT2D eigenvalue weighted by Crippen LogP contribution is -2.71. The van der Waals surface area contributed by atoms with Gasteiger partial charge in [0.25, 0.3) is 11.5 Å². The number of benzene rings is 3. The summed E-state index contributed by atoms with van der Waals surface area (Å²) in [5.74, 6) is -5.48. The number of phenolic OH excluding ortho intramolecular Hbond substituents is 1. The lowest BCUT2D eigenvalue weighted by Gasteiger charge is -2.44. The number of ether oxygens (including phenoxy) is 2. The lowest BCUT2D eigenvalue weighted by atomic mass is 9.95. The van der Waals surface area contributed by atoms with Gasteiger partial charge in [-0.3, -0.25) is 19.2 Å². The van der Waals surface area contributed by atoms with Crippen LogP contribution in [0.4, 0.5) is 4.79 Å². The van der Waals surface area contributed by atoms with Crippen LogP contribution >= 0.6 is 11.8 Å². The third-order valence-electron chi connectivity index (χ3n) is 8.27. The molecule has 0 spiro atoms. The van der Waals surface area contributed by atoms with E-state index in [1.54, 1.807) is 44.2 Å². The van der Waals surface area contributed by atoms with Gasteiger partial charge in [0.15, 0.2) is 11.3 Å². The first-order valence-electron chi connectivity index (χ1n) is 14.9. The summed E-state index contributed by atoms with van der Waals surface area (Å²) in [4.78, 5) is 91.1. The highest BCUT2D eigenvalue weighted by Crippen LogP contribution is 2.50. The Labute approximate surface area is 285 Å². The molecule has 4 aromatic rings. The maximum Gasteiger partial charge on any atom is 0.513 e. The highest BCUT2D eigenvalue weighted by atomic mass is 32.2. The molecule has 0 saturated carbocycles. The number of amides is 3. The van der Waals surface area contributed by atoms with Gasteiger partial charge in [-0.25, -0.2) is 19.0 Å². The molecule has 258 valence electrons. The van der Waals surface area contributed by atoms with Gasteiger partial charge in [-0.1, -0.05) is 36.4 Å². The van der Waals surface area contributed by atoms with Crippen molar-refractivity contribution in [3.63, 3.8) is 0 Å². The zero-order valence-electron chi connectivity index (χ0n) is 26.4. The number of rotatable bonds is 8. The van der Waals surface area contributed by atoms with Crippen molar-refractivity contribution in [3.05, 3.63) is 98.8 Å². The van der Waals surface area contributed by atoms with Gasteiger partial charge in [-0.2, -0.15) is 0 Å². The van der Waals surface area contributed by atoms with Gasteiger partial charge >= 0.3 is 17.9 Å². The largest absolute Gasteiger partial charge is 0.513 e. The number of aromatic hydroxyl groups is 1.